The van der Waals surface area contributed by atoms with E-state index >= 15 is 0 Å². The molecule has 0 aromatic heterocycles. The summed E-state index contributed by atoms with van der Waals surface area (Å²) in [4.78, 5) is 0. The molecule has 2 nitrogen and oxygen atoms in total. The van der Waals surface area contributed by atoms with Gasteiger partial charge in [-0.05, 0) is 52.3 Å². The molecule has 94 valence electrons. The molecule has 0 atom stereocenters. The van der Waals surface area contributed by atoms with Gasteiger partial charge in [-0.25, -0.2) is 0 Å². The second-order valence-electron chi connectivity index (χ2n) is 3.63. The van der Waals surface area contributed by atoms with E-state index in [0.717, 1.165) is 20.3 Å². The van der Waals surface area contributed by atoms with E-state index in [9.17, 15) is 0 Å². The van der Waals surface area contributed by atoms with Crippen LogP contribution >= 0.6 is 43.5 Å². The van der Waals surface area contributed by atoms with Gasteiger partial charge in [0.2, 0.25) is 0 Å². The number of hydrogen-bond acceptors (Lipinski definition) is 2. The van der Waals surface area contributed by atoms with Crippen LogP contribution in [0.1, 0.15) is 5.56 Å². The zero-order chi connectivity index (χ0) is 13.1. The van der Waals surface area contributed by atoms with Crippen molar-refractivity contribution >= 4 is 43.5 Å². The first-order valence-electron chi connectivity index (χ1n) is 5.21. The van der Waals surface area contributed by atoms with Crippen LogP contribution in [-0.4, -0.2) is 0 Å². The van der Waals surface area contributed by atoms with Gasteiger partial charge in [-0.2, -0.15) is 0 Å². The van der Waals surface area contributed by atoms with E-state index in [1.165, 1.54) is 0 Å². The molecule has 0 unspecified atom stereocenters. The molecular weight excluding hydrogens is 381 g/mol. The van der Waals surface area contributed by atoms with Gasteiger partial charge < -0.3 is 10.5 Å². The molecule has 0 saturated carbocycles. The molecule has 2 aromatic rings. The third kappa shape index (κ3) is 3.26. The lowest BCUT2D eigenvalue weighted by Gasteiger charge is -2.11. The molecule has 0 saturated heterocycles. The van der Waals surface area contributed by atoms with Crippen LogP contribution in [0.25, 0.3) is 0 Å². The van der Waals surface area contributed by atoms with Crippen LogP contribution in [0.5, 0.6) is 11.5 Å². The summed E-state index contributed by atoms with van der Waals surface area (Å²) in [7, 11) is 0. The number of halogens is 3. The predicted molar refractivity (Wildman–Crippen MR) is 81.3 cm³/mol. The molecule has 0 spiro atoms. The SMILES string of the molecule is NCc1cc(Cl)ccc1Oc1ccc(Br)cc1Br. The Morgan fingerprint density at radius 1 is 1.06 bits per heavy atom. The summed E-state index contributed by atoms with van der Waals surface area (Å²) in [6.07, 6.45) is 0. The van der Waals surface area contributed by atoms with Crippen LogP contribution in [0.2, 0.25) is 5.02 Å². The maximum atomic E-state index is 5.92. The fourth-order valence-corrected chi connectivity index (χ4v) is 2.81. The number of benzene rings is 2. The van der Waals surface area contributed by atoms with Gasteiger partial charge in [-0.1, -0.05) is 27.5 Å². The van der Waals surface area contributed by atoms with E-state index in [0.29, 0.717) is 17.3 Å². The van der Waals surface area contributed by atoms with Gasteiger partial charge in [-0.3, -0.25) is 0 Å². The highest BCUT2D eigenvalue weighted by Crippen LogP contribution is 2.34. The first-order chi connectivity index (χ1) is 8.60. The Bertz CT molecular complexity index is 575. The normalized spacial score (nSPS) is 10.4. The summed E-state index contributed by atoms with van der Waals surface area (Å²) in [6, 6.07) is 11.1. The molecular formula is C13H10Br2ClNO. The van der Waals surface area contributed by atoms with Crippen LogP contribution in [0.3, 0.4) is 0 Å². The van der Waals surface area contributed by atoms with Crippen molar-refractivity contribution < 1.29 is 4.74 Å². The average molecular weight is 391 g/mol. The van der Waals surface area contributed by atoms with E-state index in [2.05, 4.69) is 31.9 Å². The Hall–Kier alpha value is -0.550. The minimum Gasteiger partial charge on any atom is -0.456 e. The smallest absolute Gasteiger partial charge is 0.141 e. The Balaban J connectivity index is 2.33. The summed E-state index contributed by atoms with van der Waals surface area (Å²) in [6.45, 7) is 0.379. The zero-order valence-electron chi connectivity index (χ0n) is 9.29. The van der Waals surface area contributed by atoms with Crippen molar-refractivity contribution in [2.45, 2.75) is 6.54 Å². The lowest BCUT2D eigenvalue weighted by molar-refractivity contribution is 0.473. The molecule has 0 heterocycles. The topological polar surface area (TPSA) is 35.2 Å². The fraction of sp³-hybridized carbons (Fsp3) is 0.0769. The van der Waals surface area contributed by atoms with E-state index in [4.69, 9.17) is 22.1 Å². The molecule has 0 bridgehead atoms. The molecule has 2 N–H and O–H groups in total. The van der Waals surface area contributed by atoms with Gasteiger partial charge >= 0.3 is 0 Å². The predicted octanol–water partition coefficient (Wildman–Crippen LogP) is 5.12. The highest BCUT2D eigenvalue weighted by atomic mass is 79.9. The molecule has 2 rings (SSSR count). The van der Waals surface area contributed by atoms with Crippen molar-refractivity contribution in [2.75, 3.05) is 0 Å². The fourth-order valence-electron chi connectivity index (χ4n) is 1.48. The molecule has 0 aliphatic rings. The highest BCUT2D eigenvalue weighted by molar-refractivity contribution is 9.11. The summed E-state index contributed by atoms with van der Waals surface area (Å²) >= 11 is 12.8. The summed E-state index contributed by atoms with van der Waals surface area (Å²) in [5.41, 5.74) is 6.55. The molecule has 0 amide bonds. The Morgan fingerprint density at radius 3 is 2.44 bits per heavy atom. The third-order valence-corrected chi connectivity index (χ3v) is 3.70. The van der Waals surface area contributed by atoms with Crippen molar-refractivity contribution in [3.05, 3.63) is 55.9 Å². The molecule has 0 aliphatic carbocycles. The van der Waals surface area contributed by atoms with Crippen molar-refractivity contribution in [3.63, 3.8) is 0 Å². The van der Waals surface area contributed by atoms with Crippen LogP contribution in [0.4, 0.5) is 0 Å². The molecule has 0 fully saturated rings. The number of rotatable bonds is 3. The third-order valence-electron chi connectivity index (χ3n) is 2.36. The lowest BCUT2D eigenvalue weighted by Crippen LogP contribution is -1.99. The van der Waals surface area contributed by atoms with Crippen LogP contribution in [0.15, 0.2) is 45.3 Å². The number of nitrogens with two attached hydrogens (primary N) is 1. The van der Waals surface area contributed by atoms with Gasteiger partial charge in [0.05, 0.1) is 4.47 Å². The molecule has 0 aliphatic heterocycles. The van der Waals surface area contributed by atoms with E-state index in [1.807, 2.05) is 30.3 Å². The van der Waals surface area contributed by atoms with Gasteiger partial charge in [0.25, 0.3) is 0 Å². The Morgan fingerprint density at radius 2 is 1.78 bits per heavy atom. The van der Waals surface area contributed by atoms with Crippen molar-refractivity contribution in [1.82, 2.24) is 0 Å². The van der Waals surface area contributed by atoms with Gasteiger partial charge in [-0.15, -0.1) is 0 Å². The maximum Gasteiger partial charge on any atom is 0.141 e. The van der Waals surface area contributed by atoms with E-state index in [1.54, 1.807) is 6.07 Å². The minimum atomic E-state index is 0.379. The second kappa shape index (κ2) is 6.06. The van der Waals surface area contributed by atoms with Gasteiger partial charge in [0.1, 0.15) is 11.5 Å². The Kier molecular flexibility index (Phi) is 4.67. The number of ether oxygens (including phenoxy) is 1. The molecule has 5 heteroatoms. The van der Waals surface area contributed by atoms with E-state index in [-0.39, 0.29) is 0 Å². The standard InChI is InChI=1S/C13H10Br2ClNO/c14-9-1-3-13(11(15)6-9)18-12-4-2-10(16)5-8(12)7-17/h1-6H,7,17H2. The van der Waals surface area contributed by atoms with Crippen molar-refractivity contribution in [3.8, 4) is 11.5 Å². The van der Waals surface area contributed by atoms with Crippen molar-refractivity contribution in [1.29, 1.82) is 0 Å². The van der Waals surface area contributed by atoms with Crippen LogP contribution in [-0.2, 0) is 6.54 Å². The minimum absolute atomic E-state index is 0.379. The van der Waals surface area contributed by atoms with Crippen LogP contribution in [0, 0.1) is 0 Å². The lowest BCUT2D eigenvalue weighted by atomic mass is 10.2. The van der Waals surface area contributed by atoms with Crippen molar-refractivity contribution in [2.24, 2.45) is 5.73 Å². The summed E-state index contributed by atoms with van der Waals surface area (Å²) in [5, 5.41) is 0.651. The molecule has 0 radical (unpaired) electrons. The maximum absolute atomic E-state index is 5.92. The molecule has 2 aromatic carbocycles. The first-order valence-corrected chi connectivity index (χ1v) is 7.18. The summed E-state index contributed by atoms with van der Waals surface area (Å²) < 4.78 is 7.69. The second-order valence-corrected chi connectivity index (χ2v) is 5.84. The monoisotopic (exact) mass is 389 g/mol. The van der Waals surface area contributed by atoms with Gasteiger partial charge in [0.15, 0.2) is 0 Å². The first kappa shape index (κ1) is 13.9. The zero-order valence-corrected chi connectivity index (χ0v) is 13.2. The van der Waals surface area contributed by atoms with Crippen LogP contribution < -0.4 is 10.5 Å². The number of hydrogen-bond donors (Lipinski definition) is 1. The quantitative estimate of drug-likeness (QED) is 0.789. The molecule has 18 heavy (non-hydrogen) atoms. The van der Waals surface area contributed by atoms with E-state index < -0.39 is 0 Å². The summed E-state index contributed by atoms with van der Waals surface area (Å²) in [5.74, 6) is 1.44. The highest BCUT2D eigenvalue weighted by Gasteiger charge is 2.07. The largest absolute Gasteiger partial charge is 0.456 e. The van der Waals surface area contributed by atoms with Gasteiger partial charge in [0, 0.05) is 21.6 Å². The average Bonchev–Trinajstić information content (AvgIpc) is 2.34. The Labute approximate surface area is 127 Å².